The highest BCUT2D eigenvalue weighted by atomic mass is 16.3. The van der Waals surface area contributed by atoms with Gasteiger partial charge < -0.3 is 16.2 Å². The summed E-state index contributed by atoms with van der Waals surface area (Å²) < 4.78 is 0. The largest absolute Gasteiger partial charge is 0.396 e. The molecule has 2 rings (SSSR count). The normalized spacial score (nSPS) is 24.6. The first-order valence-corrected chi connectivity index (χ1v) is 7.94. The lowest BCUT2D eigenvalue weighted by Gasteiger charge is -2.34. The van der Waals surface area contributed by atoms with Crippen LogP contribution in [0.1, 0.15) is 49.8 Å². The maximum atomic E-state index is 9.51. The number of hydrogen-bond donors (Lipinski definition) is 3. The predicted molar refractivity (Wildman–Crippen MR) is 83.6 cm³/mol. The number of aryl methyl sites for hydroxylation is 1. The van der Waals surface area contributed by atoms with Gasteiger partial charge in [0.05, 0.1) is 0 Å². The minimum atomic E-state index is 0.193. The third kappa shape index (κ3) is 3.81. The zero-order chi connectivity index (χ0) is 14.4. The summed E-state index contributed by atoms with van der Waals surface area (Å²) in [5, 5.41) is 13.2. The summed E-state index contributed by atoms with van der Waals surface area (Å²) in [6.07, 6.45) is 5.83. The minimum Gasteiger partial charge on any atom is -0.396 e. The van der Waals surface area contributed by atoms with E-state index < -0.39 is 0 Å². The Morgan fingerprint density at radius 1 is 1.25 bits per heavy atom. The fourth-order valence-corrected chi connectivity index (χ4v) is 3.19. The molecule has 0 heterocycles. The average molecular weight is 276 g/mol. The van der Waals surface area contributed by atoms with Crippen LogP contribution in [-0.4, -0.2) is 24.3 Å². The van der Waals surface area contributed by atoms with Crippen molar-refractivity contribution in [3.8, 4) is 0 Å². The van der Waals surface area contributed by atoms with Crippen LogP contribution in [-0.2, 0) is 6.42 Å². The standard InChI is InChI=1S/C17H28N2O/c1-2-13-7-9-14(10-8-13)17(11-18)19-16-6-4-3-5-15(16)12-20/h7-10,15-17,19-20H,2-6,11-12,18H2,1H3. The van der Waals surface area contributed by atoms with Crippen molar-refractivity contribution < 1.29 is 5.11 Å². The number of nitrogens with two attached hydrogens (primary N) is 1. The van der Waals surface area contributed by atoms with E-state index in [0.717, 1.165) is 19.3 Å². The zero-order valence-corrected chi connectivity index (χ0v) is 12.5. The van der Waals surface area contributed by atoms with Crippen molar-refractivity contribution in [1.29, 1.82) is 0 Å². The van der Waals surface area contributed by atoms with Gasteiger partial charge in [-0.05, 0) is 36.3 Å². The van der Waals surface area contributed by atoms with Crippen molar-refractivity contribution in [3.05, 3.63) is 35.4 Å². The summed E-state index contributed by atoms with van der Waals surface area (Å²) in [5.74, 6) is 0.382. The van der Waals surface area contributed by atoms with Crippen LogP contribution in [0.4, 0.5) is 0 Å². The third-order valence-electron chi connectivity index (χ3n) is 4.58. The smallest absolute Gasteiger partial charge is 0.0474 e. The van der Waals surface area contributed by atoms with E-state index in [-0.39, 0.29) is 12.6 Å². The molecule has 4 N–H and O–H groups in total. The molecule has 1 aromatic rings. The third-order valence-corrected chi connectivity index (χ3v) is 4.58. The fraction of sp³-hybridized carbons (Fsp3) is 0.647. The highest BCUT2D eigenvalue weighted by Gasteiger charge is 2.26. The molecule has 3 heteroatoms. The summed E-state index contributed by atoms with van der Waals surface area (Å²) >= 11 is 0. The van der Waals surface area contributed by atoms with Crippen molar-refractivity contribution in [1.82, 2.24) is 5.32 Å². The molecule has 20 heavy (non-hydrogen) atoms. The highest BCUT2D eigenvalue weighted by molar-refractivity contribution is 5.25. The first-order chi connectivity index (χ1) is 9.78. The molecule has 0 radical (unpaired) electrons. The number of nitrogens with one attached hydrogen (secondary N) is 1. The van der Waals surface area contributed by atoms with Gasteiger partial charge in [-0.15, -0.1) is 0 Å². The van der Waals surface area contributed by atoms with Crippen molar-refractivity contribution in [3.63, 3.8) is 0 Å². The molecule has 0 aromatic heterocycles. The molecule has 0 spiro atoms. The van der Waals surface area contributed by atoms with E-state index in [1.165, 1.54) is 24.0 Å². The molecule has 112 valence electrons. The number of benzene rings is 1. The molecule has 1 saturated carbocycles. The molecule has 3 nitrogen and oxygen atoms in total. The van der Waals surface area contributed by atoms with Crippen LogP contribution in [0, 0.1) is 5.92 Å². The van der Waals surface area contributed by atoms with Crippen LogP contribution in [0.15, 0.2) is 24.3 Å². The highest BCUT2D eigenvalue weighted by Crippen LogP contribution is 2.26. The lowest BCUT2D eigenvalue weighted by Crippen LogP contribution is -2.44. The Morgan fingerprint density at radius 3 is 2.55 bits per heavy atom. The molecule has 0 saturated heterocycles. The van der Waals surface area contributed by atoms with Gasteiger partial charge >= 0.3 is 0 Å². The Kier molecular flexibility index (Phi) is 6.02. The van der Waals surface area contributed by atoms with Gasteiger partial charge in [0.2, 0.25) is 0 Å². The molecule has 0 aliphatic heterocycles. The summed E-state index contributed by atoms with van der Waals surface area (Å²) in [7, 11) is 0. The lowest BCUT2D eigenvalue weighted by atomic mass is 9.84. The van der Waals surface area contributed by atoms with Gasteiger partial charge in [-0.3, -0.25) is 0 Å². The van der Waals surface area contributed by atoms with E-state index in [0.29, 0.717) is 18.5 Å². The molecule has 0 bridgehead atoms. The van der Waals surface area contributed by atoms with Gasteiger partial charge in [0, 0.05) is 25.2 Å². The molecule has 0 amide bonds. The fourth-order valence-electron chi connectivity index (χ4n) is 3.19. The number of aliphatic hydroxyl groups excluding tert-OH is 1. The number of rotatable bonds is 6. The Balaban J connectivity index is 2.03. The van der Waals surface area contributed by atoms with Crippen molar-refractivity contribution >= 4 is 0 Å². The molecule has 1 aromatic carbocycles. The topological polar surface area (TPSA) is 58.3 Å². The molecule has 3 unspecified atom stereocenters. The first-order valence-electron chi connectivity index (χ1n) is 7.94. The van der Waals surface area contributed by atoms with Crippen molar-refractivity contribution in [2.24, 2.45) is 11.7 Å². The maximum absolute atomic E-state index is 9.51. The second-order valence-electron chi connectivity index (χ2n) is 5.88. The monoisotopic (exact) mass is 276 g/mol. The SMILES string of the molecule is CCc1ccc(C(CN)NC2CCCCC2CO)cc1. The second-order valence-corrected chi connectivity index (χ2v) is 5.88. The summed E-state index contributed by atoms with van der Waals surface area (Å²) in [4.78, 5) is 0. The molecule has 3 atom stereocenters. The zero-order valence-electron chi connectivity index (χ0n) is 12.5. The predicted octanol–water partition coefficient (Wildman–Crippen LogP) is 2.39. The second kappa shape index (κ2) is 7.77. The average Bonchev–Trinajstić information content (AvgIpc) is 2.53. The molecular formula is C17H28N2O. The van der Waals surface area contributed by atoms with Gasteiger partial charge in [-0.1, -0.05) is 44.0 Å². The van der Waals surface area contributed by atoms with Crippen LogP contribution in [0.5, 0.6) is 0 Å². The van der Waals surface area contributed by atoms with E-state index in [1.54, 1.807) is 0 Å². The Morgan fingerprint density at radius 2 is 1.95 bits per heavy atom. The molecule has 1 aliphatic rings. The first kappa shape index (κ1) is 15.5. The van der Waals surface area contributed by atoms with Gasteiger partial charge in [-0.2, -0.15) is 0 Å². The number of hydrogen-bond acceptors (Lipinski definition) is 3. The van der Waals surface area contributed by atoms with Crippen LogP contribution in [0.3, 0.4) is 0 Å². The minimum absolute atomic E-state index is 0.193. The van der Waals surface area contributed by atoms with E-state index in [4.69, 9.17) is 5.73 Å². The van der Waals surface area contributed by atoms with Gasteiger partial charge in [0.1, 0.15) is 0 Å². The molecule has 1 aliphatic carbocycles. The van der Waals surface area contributed by atoms with E-state index >= 15 is 0 Å². The summed E-state index contributed by atoms with van der Waals surface area (Å²) in [5.41, 5.74) is 8.57. The summed E-state index contributed by atoms with van der Waals surface area (Å²) in [6, 6.07) is 9.32. The van der Waals surface area contributed by atoms with Gasteiger partial charge in [0.25, 0.3) is 0 Å². The Hall–Kier alpha value is -0.900. The summed E-state index contributed by atoms with van der Waals surface area (Å²) in [6.45, 7) is 3.05. The van der Waals surface area contributed by atoms with Crippen LogP contribution >= 0.6 is 0 Å². The quantitative estimate of drug-likeness (QED) is 0.748. The maximum Gasteiger partial charge on any atom is 0.0474 e. The van der Waals surface area contributed by atoms with Crippen molar-refractivity contribution in [2.45, 2.75) is 51.1 Å². The number of aliphatic hydroxyl groups is 1. The lowest BCUT2D eigenvalue weighted by molar-refractivity contribution is 0.146. The van der Waals surface area contributed by atoms with Gasteiger partial charge in [-0.25, -0.2) is 0 Å². The van der Waals surface area contributed by atoms with Crippen LogP contribution < -0.4 is 11.1 Å². The van der Waals surface area contributed by atoms with E-state index in [9.17, 15) is 5.11 Å². The Bertz CT molecular complexity index is 390. The van der Waals surface area contributed by atoms with E-state index in [1.807, 2.05) is 0 Å². The van der Waals surface area contributed by atoms with Crippen LogP contribution in [0.25, 0.3) is 0 Å². The van der Waals surface area contributed by atoms with E-state index in [2.05, 4.69) is 36.5 Å². The van der Waals surface area contributed by atoms with Gasteiger partial charge in [0.15, 0.2) is 0 Å². The van der Waals surface area contributed by atoms with Crippen molar-refractivity contribution in [2.75, 3.05) is 13.2 Å². The Labute approximate surface area is 122 Å². The molecular weight excluding hydrogens is 248 g/mol. The molecule has 1 fully saturated rings. The van der Waals surface area contributed by atoms with Crippen LogP contribution in [0.2, 0.25) is 0 Å².